The molecule has 0 radical (unpaired) electrons. The smallest absolute Gasteiger partial charge is 0.161 e. The van der Waals surface area contributed by atoms with Gasteiger partial charge in [0, 0.05) is 59.9 Å². The van der Waals surface area contributed by atoms with Gasteiger partial charge in [0.2, 0.25) is 0 Å². The Balaban J connectivity index is 2.03. The van der Waals surface area contributed by atoms with Gasteiger partial charge in [-0.1, -0.05) is 6.58 Å². The van der Waals surface area contributed by atoms with Gasteiger partial charge in [-0.3, -0.25) is 9.78 Å². The van der Waals surface area contributed by atoms with Crippen LogP contribution >= 0.6 is 0 Å². The second-order valence-corrected chi connectivity index (χ2v) is 7.21. The van der Waals surface area contributed by atoms with Gasteiger partial charge >= 0.3 is 0 Å². The number of phenolic OH excluding ortho intramolecular Hbond substituents is 1. The molecule has 1 aliphatic heterocycles. The molecule has 160 valence electrons. The Morgan fingerprint density at radius 3 is 2.57 bits per heavy atom. The largest absolute Gasteiger partial charge is 0.507 e. The summed E-state index contributed by atoms with van der Waals surface area (Å²) in [5.74, 6) is 0.696. The highest BCUT2D eigenvalue weighted by Gasteiger charge is 2.27. The van der Waals surface area contributed by atoms with E-state index in [4.69, 9.17) is 14.2 Å². The molecule has 1 saturated heterocycles. The summed E-state index contributed by atoms with van der Waals surface area (Å²) in [7, 11) is 3.09. The van der Waals surface area contributed by atoms with Crippen LogP contribution < -0.4 is 9.47 Å². The predicted octanol–water partition coefficient (Wildman–Crippen LogP) is 3.37. The summed E-state index contributed by atoms with van der Waals surface area (Å²) in [5.41, 5.74) is 2.79. The van der Waals surface area contributed by atoms with Crippen molar-refractivity contribution in [3.8, 4) is 17.2 Å². The third kappa shape index (κ3) is 4.74. The predicted molar refractivity (Wildman–Crippen MR) is 113 cm³/mol. The van der Waals surface area contributed by atoms with E-state index in [1.54, 1.807) is 31.5 Å². The van der Waals surface area contributed by atoms with Crippen molar-refractivity contribution in [1.82, 2.24) is 9.88 Å². The van der Waals surface area contributed by atoms with Crippen LogP contribution in [-0.4, -0.2) is 61.3 Å². The Bertz CT molecular complexity index is 905. The van der Waals surface area contributed by atoms with Gasteiger partial charge in [0.05, 0.1) is 27.4 Å². The van der Waals surface area contributed by atoms with Gasteiger partial charge in [-0.15, -0.1) is 0 Å². The summed E-state index contributed by atoms with van der Waals surface area (Å²) in [4.78, 5) is 18.4. The molecule has 7 heteroatoms. The summed E-state index contributed by atoms with van der Waals surface area (Å²) in [6.45, 7) is 8.64. The van der Waals surface area contributed by atoms with Gasteiger partial charge in [-0.25, -0.2) is 0 Å². The average molecular weight is 412 g/mol. The van der Waals surface area contributed by atoms with Crippen LogP contribution in [0.4, 0.5) is 0 Å². The topological polar surface area (TPSA) is 81.1 Å². The molecule has 2 aromatic rings. The monoisotopic (exact) mass is 412 g/mol. The molecule has 1 atom stereocenters. The Morgan fingerprint density at radius 1 is 1.27 bits per heavy atom. The second kappa shape index (κ2) is 9.63. The maximum Gasteiger partial charge on any atom is 0.161 e. The summed E-state index contributed by atoms with van der Waals surface area (Å²) < 4.78 is 16.3. The molecule has 30 heavy (non-hydrogen) atoms. The van der Waals surface area contributed by atoms with Crippen molar-refractivity contribution < 1.29 is 24.1 Å². The Hall–Kier alpha value is -3.06. The lowest BCUT2D eigenvalue weighted by Gasteiger charge is -2.32. The quantitative estimate of drug-likeness (QED) is 0.666. The van der Waals surface area contributed by atoms with Crippen LogP contribution in [0.3, 0.4) is 0 Å². The van der Waals surface area contributed by atoms with Crippen LogP contribution in [0.25, 0.3) is 0 Å². The molecule has 1 fully saturated rings. The third-order valence-electron chi connectivity index (χ3n) is 5.35. The number of ketones is 1. The molecule has 1 unspecified atom stereocenters. The number of pyridine rings is 1. The summed E-state index contributed by atoms with van der Waals surface area (Å²) in [5, 5.41) is 10.8. The number of allylic oxidation sites excluding steroid dienone is 1. The highest BCUT2D eigenvalue weighted by Crippen LogP contribution is 2.43. The maximum atomic E-state index is 11.7. The normalized spacial score (nSPS) is 14.8. The zero-order valence-corrected chi connectivity index (χ0v) is 17.7. The number of benzene rings is 1. The van der Waals surface area contributed by atoms with Gasteiger partial charge in [-0.2, -0.15) is 0 Å². The van der Waals surface area contributed by atoms with E-state index in [9.17, 15) is 9.90 Å². The molecule has 7 nitrogen and oxygen atoms in total. The molecular formula is C23H28N2O5. The van der Waals surface area contributed by atoms with Crippen LogP contribution in [-0.2, 0) is 4.74 Å². The average Bonchev–Trinajstić information content (AvgIpc) is 2.77. The number of morpholine rings is 1. The van der Waals surface area contributed by atoms with Crippen molar-refractivity contribution in [3.05, 3.63) is 59.6 Å². The number of nitrogens with zero attached hydrogens (tertiary/aromatic N) is 2. The van der Waals surface area contributed by atoms with E-state index in [1.165, 1.54) is 14.0 Å². The number of rotatable bonds is 8. The van der Waals surface area contributed by atoms with E-state index in [2.05, 4.69) is 16.5 Å². The molecular weight excluding hydrogens is 384 g/mol. The first-order valence-electron chi connectivity index (χ1n) is 9.86. The lowest BCUT2D eigenvalue weighted by Crippen LogP contribution is -2.35. The zero-order valence-electron chi connectivity index (χ0n) is 17.7. The first kappa shape index (κ1) is 21.6. The fourth-order valence-corrected chi connectivity index (χ4v) is 3.64. The number of hydrogen-bond acceptors (Lipinski definition) is 7. The number of carbonyl (C=O) groups excluding carboxylic acids is 1. The molecule has 0 saturated carbocycles. The van der Waals surface area contributed by atoms with Gasteiger partial charge in [0.15, 0.2) is 5.78 Å². The maximum absolute atomic E-state index is 11.7. The minimum atomic E-state index is -0.317. The molecule has 0 aliphatic carbocycles. The number of phenols is 1. The Labute approximate surface area is 176 Å². The van der Waals surface area contributed by atoms with Gasteiger partial charge < -0.3 is 24.2 Å². The van der Waals surface area contributed by atoms with Gasteiger partial charge in [0.25, 0.3) is 0 Å². The van der Waals surface area contributed by atoms with Crippen molar-refractivity contribution in [2.45, 2.75) is 19.3 Å². The van der Waals surface area contributed by atoms with E-state index >= 15 is 0 Å². The number of ether oxygens (including phenoxy) is 3. The summed E-state index contributed by atoms with van der Waals surface area (Å²) in [6, 6.07) is 6.87. The number of methoxy groups -OCH3 is 2. The molecule has 1 aromatic heterocycles. The van der Waals surface area contributed by atoms with E-state index < -0.39 is 0 Å². The van der Waals surface area contributed by atoms with Crippen LogP contribution in [0.1, 0.15) is 40.9 Å². The zero-order chi connectivity index (χ0) is 21.7. The SMILES string of the molecule is C=C(CC(c1ccc(C(C)=O)cn1)c1c(O)cc(OC)cc1OC)N1CCOCC1. The van der Waals surface area contributed by atoms with Crippen LogP contribution in [0, 0.1) is 0 Å². The number of hydrogen-bond donors (Lipinski definition) is 1. The van der Waals surface area contributed by atoms with Gasteiger partial charge in [0.1, 0.15) is 17.2 Å². The molecule has 1 aromatic carbocycles. The molecule has 2 heterocycles. The van der Waals surface area contributed by atoms with Crippen LogP contribution in [0.5, 0.6) is 17.2 Å². The van der Waals surface area contributed by atoms with Crippen molar-refractivity contribution in [2.75, 3.05) is 40.5 Å². The first-order valence-corrected chi connectivity index (χ1v) is 9.86. The molecule has 3 rings (SSSR count). The van der Waals surface area contributed by atoms with Crippen LogP contribution in [0.15, 0.2) is 42.7 Å². The number of Topliss-reactive ketones (excluding diaryl/α,β-unsaturated/α-hetero) is 1. The fraction of sp³-hybridized carbons (Fsp3) is 0.391. The molecule has 1 N–H and O–H groups in total. The van der Waals surface area contributed by atoms with E-state index in [0.29, 0.717) is 48.0 Å². The lowest BCUT2D eigenvalue weighted by atomic mass is 9.88. The molecule has 0 bridgehead atoms. The first-order chi connectivity index (χ1) is 14.4. The van der Waals surface area contributed by atoms with Crippen molar-refractivity contribution in [2.24, 2.45) is 0 Å². The van der Waals surface area contributed by atoms with E-state index in [0.717, 1.165) is 18.8 Å². The molecule has 0 spiro atoms. The molecule has 1 aliphatic rings. The standard InChI is InChI=1S/C23H28N2O5/c1-15(25-7-9-30-10-8-25)11-19(20-6-5-17(14-24-20)16(2)26)23-21(27)12-18(28-3)13-22(23)29-4/h5-6,12-14,19,27H,1,7-11H2,2-4H3. The highest BCUT2D eigenvalue weighted by molar-refractivity contribution is 5.93. The minimum Gasteiger partial charge on any atom is -0.507 e. The number of aromatic nitrogens is 1. The van der Waals surface area contributed by atoms with Crippen molar-refractivity contribution >= 4 is 5.78 Å². The minimum absolute atomic E-state index is 0.0480. The fourth-order valence-electron chi connectivity index (χ4n) is 3.64. The number of aromatic hydroxyl groups is 1. The Kier molecular flexibility index (Phi) is 6.95. The highest BCUT2D eigenvalue weighted by atomic mass is 16.5. The lowest BCUT2D eigenvalue weighted by molar-refractivity contribution is 0.0520. The van der Waals surface area contributed by atoms with Crippen LogP contribution in [0.2, 0.25) is 0 Å². The van der Waals surface area contributed by atoms with E-state index in [-0.39, 0.29) is 17.5 Å². The Morgan fingerprint density at radius 2 is 2.00 bits per heavy atom. The molecule has 0 amide bonds. The third-order valence-corrected chi connectivity index (χ3v) is 5.35. The summed E-state index contributed by atoms with van der Waals surface area (Å²) in [6.07, 6.45) is 2.10. The van der Waals surface area contributed by atoms with Crippen molar-refractivity contribution in [1.29, 1.82) is 0 Å². The van der Waals surface area contributed by atoms with Crippen molar-refractivity contribution in [3.63, 3.8) is 0 Å². The van der Waals surface area contributed by atoms with Gasteiger partial charge in [-0.05, 0) is 25.5 Å². The van der Waals surface area contributed by atoms with E-state index in [1.807, 2.05) is 6.07 Å². The number of carbonyl (C=O) groups is 1. The summed E-state index contributed by atoms with van der Waals surface area (Å²) >= 11 is 0. The second-order valence-electron chi connectivity index (χ2n) is 7.21.